The van der Waals surface area contributed by atoms with Crippen LogP contribution in [0.3, 0.4) is 0 Å². The van der Waals surface area contributed by atoms with Crippen molar-refractivity contribution in [1.82, 2.24) is 4.98 Å². The van der Waals surface area contributed by atoms with E-state index in [0.717, 1.165) is 11.7 Å². The Morgan fingerprint density at radius 1 is 1.40 bits per heavy atom. The molecule has 2 rings (SSSR count). The predicted octanol–water partition coefficient (Wildman–Crippen LogP) is 3.38. The summed E-state index contributed by atoms with van der Waals surface area (Å²) in [7, 11) is 0. The molecule has 2 aromatic rings. The maximum Gasteiger partial charge on any atom is 0.183 e. The fraction of sp³-hybridized carbons (Fsp3) is 0.182. The van der Waals surface area contributed by atoms with Crippen molar-refractivity contribution in [3.05, 3.63) is 35.5 Å². The molecule has 1 aromatic heterocycles. The number of nitrogens with zero attached hydrogens (tertiary/aromatic N) is 1. The Morgan fingerprint density at radius 2 is 2.20 bits per heavy atom. The van der Waals surface area contributed by atoms with Crippen LogP contribution in [0.25, 0.3) is 11.3 Å². The van der Waals surface area contributed by atoms with Crippen molar-refractivity contribution in [1.29, 1.82) is 0 Å². The highest BCUT2D eigenvalue weighted by Gasteiger charge is 2.07. The Morgan fingerprint density at radius 3 is 2.93 bits per heavy atom. The van der Waals surface area contributed by atoms with Gasteiger partial charge in [-0.25, -0.2) is 9.37 Å². The van der Waals surface area contributed by atoms with Crippen LogP contribution in [-0.4, -0.2) is 11.5 Å². The molecule has 0 spiro atoms. The van der Waals surface area contributed by atoms with Crippen LogP contribution in [0.15, 0.2) is 29.6 Å². The molecule has 15 heavy (non-hydrogen) atoms. The van der Waals surface area contributed by atoms with Gasteiger partial charge < -0.3 is 5.32 Å². The van der Waals surface area contributed by atoms with E-state index < -0.39 is 0 Å². The van der Waals surface area contributed by atoms with Gasteiger partial charge in [-0.2, -0.15) is 0 Å². The van der Waals surface area contributed by atoms with Gasteiger partial charge in [0.25, 0.3) is 0 Å². The number of nitrogens with one attached hydrogen (secondary N) is 1. The normalized spacial score (nSPS) is 10.3. The zero-order chi connectivity index (χ0) is 10.7. The van der Waals surface area contributed by atoms with Gasteiger partial charge in [0.15, 0.2) is 5.13 Å². The number of rotatable bonds is 3. The van der Waals surface area contributed by atoms with Gasteiger partial charge in [-0.3, -0.25) is 0 Å². The highest BCUT2D eigenvalue weighted by molar-refractivity contribution is 7.14. The van der Waals surface area contributed by atoms with Crippen LogP contribution in [0, 0.1) is 5.82 Å². The summed E-state index contributed by atoms with van der Waals surface area (Å²) in [6, 6.07) is 6.67. The van der Waals surface area contributed by atoms with Gasteiger partial charge >= 0.3 is 0 Å². The molecule has 0 unspecified atom stereocenters. The summed E-state index contributed by atoms with van der Waals surface area (Å²) in [5.74, 6) is -0.231. The van der Waals surface area contributed by atoms with Gasteiger partial charge in [-0.15, -0.1) is 11.3 Å². The van der Waals surface area contributed by atoms with Gasteiger partial charge in [0.1, 0.15) is 5.82 Å². The first-order valence-electron chi connectivity index (χ1n) is 4.75. The summed E-state index contributed by atoms with van der Waals surface area (Å²) in [5.41, 5.74) is 1.24. The van der Waals surface area contributed by atoms with Gasteiger partial charge in [0, 0.05) is 17.5 Å². The van der Waals surface area contributed by atoms with E-state index >= 15 is 0 Å². The van der Waals surface area contributed by atoms with E-state index in [1.54, 1.807) is 12.1 Å². The fourth-order valence-electron chi connectivity index (χ4n) is 1.30. The second-order valence-electron chi connectivity index (χ2n) is 3.05. The molecule has 2 nitrogen and oxygen atoms in total. The second kappa shape index (κ2) is 4.40. The summed E-state index contributed by atoms with van der Waals surface area (Å²) in [6.45, 7) is 2.83. The van der Waals surface area contributed by atoms with Crippen LogP contribution in [0.5, 0.6) is 0 Å². The molecule has 0 bridgehead atoms. The third kappa shape index (κ3) is 2.15. The summed E-state index contributed by atoms with van der Waals surface area (Å²) < 4.78 is 13.4. The van der Waals surface area contributed by atoms with Crippen LogP contribution in [0.2, 0.25) is 0 Å². The minimum absolute atomic E-state index is 0.231. The molecule has 1 aromatic carbocycles. The van der Waals surface area contributed by atoms with Crippen LogP contribution in [-0.2, 0) is 0 Å². The number of hydrogen-bond acceptors (Lipinski definition) is 3. The van der Waals surface area contributed by atoms with Gasteiger partial charge in [0.05, 0.1) is 5.69 Å². The lowest BCUT2D eigenvalue weighted by molar-refractivity contribution is 0.631. The third-order valence-electron chi connectivity index (χ3n) is 1.98. The van der Waals surface area contributed by atoms with E-state index in [2.05, 4.69) is 10.3 Å². The van der Waals surface area contributed by atoms with Crippen molar-refractivity contribution in [3.8, 4) is 11.3 Å². The van der Waals surface area contributed by atoms with Gasteiger partial charge in [0.2, 0.25) is 0 Å². The Bertz CT molecular complexity index is 453. The monoisotopic (exact) mass is 222 g/mol. The van der Waals surface area contributed by atoms with E-state index in [0.29, 0.717) is 11.3 Å². The average Bonchev–Trinajstić information content (AvgIpc) is 2.68. The number of thiazole rings is 1. The van der Waals surface area contributed by atoms with Gasteiger partial charge in [-0.05, 0) is 19.1 Å². The first kappa shape index (κ1) is 10.1. The van der Waals surface area contributed by atoms with E-state index in [1.807, 2.05) is 18.4 Å². The maximum atomic E-state index is 13.4. The Hall–Kier alpha value is -1.42. The van der Waals surface area contributed by atoms with E-state index in [-0.39, 0.29) is 5.82 Å². The largest absolute Gasteiger partial charge is 0.362 e. The maximum absolute atomic E-state index is 13.4. The molecule has 1 N–H and O–H groups in total. The Labute approximate surface area is 91.8 Å². The molecule has 0 atom stereocenters. The summed E-state index contributed by atoms with van der Waals surface area (Å²) in [4.78, 5) is 4.30. The molecular formula is C11H11FN2S. The molecule has 0 saturated heterocycles. The third-order valence-corrected chi connectivity index (χ3v) is 2.78. The number of aromatic nitrogens is 1. The van der Waals surface area contributed by atoms with E-state index in [9.17, 15) is 4.39 Å². The smallest absolute Gasteiger partial charge is 0.183 e. The predicted molar refractivity (Wildman–Crippen MR) is 61.7 cm³/mol. The number of halogens is 1. The summed E-state index contributed by atoms with van der Waals surface area (Å²) >= 11 is 1.49. The van der Waals surface area contributed by atoms with Crippen LogP contribution < -0.4 is 5.32 Å². The SMILES string of the molecule is CCNc1nc(-c2ccccc2F)cs1. The lowest BCUT2D eigenvalue weighted by atomic mass is 10.2. The van der Waals surface area contributed by atoms with Crippen molar-refractivity contribution in [2.45, 2.75) is 6.92 Å². The Balaban J connectivity index is 2.33. The number of hydrogen-bond donors (Lipinski definition) is 1. The highest BCUT2D eigenvalue weighted by Crippen LogP contribution is 2.26. The van der Waals surface area contributed by atoms with Crippen molar-refractivity contribution in [3.63, 3.8) is 0 Å². The zero-order valence-electron chi connectivity index (χ0n) is 8.33. The molecule has 0 saturated carbocycles. The van der Waals surface area contributed by atoms with Crippen molar-refractivity contribution >= 4 is 16.5 Å². The topological polar surface area (TPSA) is 24.9 Å². The van der Waals surface area contributed by atoms with Crippen molar-refractivity contribution in [2.75, 3.05) is 11.9 Å². The van der Waals surface area contributed by atoms with Crippen LogP contribution >= 0.6 is 11.3 Å². The molecule has 0 aliphatic carbocycles. The fourth-order valence-corrected chi connectivity index (χ4v) is 2.08. The number of benzene rings is 1. The quantitative estimate of drug-likeness (QED) is 0.861. The standard InChI is InChI=1S/C11H11FN2S/c1-2-13-11-14-10(7-15-11)8-5-3-4-6-9(8)12/h3-7H,2H2,1H3,(H,13,14). The van der Waals surface area contributed by atoms with Gasteiger partial charge in [-0.1, -0.05) is 12.1 Å². The molecular weight excluding hydrogens is 211 g/mol. The molecule has 4 heteroatoms. The molecule has 0 amide bonds. The number of anilines is 1. The molecule has 1 heterocycles. The highest BCUT2D eigenvalue weighted by atomic mass is 32.1. The van der Waals surface area contributed by atoms with Crippen molar-refractivity contribution < 1.29 is 4.39 Å². The minimum atomic E-state index is -0.231. The molecule has 0 aliphatic rings. The Kier molecular flexibility index (Phi) is 2.97. The first-order valence-corrected chi connectivity index (χ1v) is 5.63. The zero-order valence-corrected chi connectivity index (χ0v) is 9.14. The second-order valence-corrected chi connectivity index (χ2v) is 3.91. The lowest BCUT2D eigenvalue weighted by Gasteiger charge is -1.98. The van der Waals surface area contributed by atoms with E-state index in [4.69, 9.17) is 0 Å². The molecule has 0 aliphatic heterocycles. The van der Waals surface area contributed by atoms with Crippen molar-refractivity contribution in [2.24, 2.45) is 0 Å². The molecule has 0 fully saturated rings. The summed E-state index contributed by atoms with van der Waals surface area (Å²) in [5, 5.41) is 5.79. The molecule has 78 valence electrons. The lowest BCUT2D eigenvalue weighted by Crippen LogP contribution is -1.95. The van der Waals surface area contributed by atoms with E-state index in [1.165, 1.54) is 17.4 Å². The summed E-state index contributed by atoms with van der Waals surface area (Å²) in [6.07, 6.45) is 0. The minimum Gasteiger partial charge on any atom is -0.362 e. The first-order chi connectivity index (χ1) is 7.31. The molecule has 0 radical (unpaired) electrons. The average molecular weight is 222 g/mol. The van der Waals surface area contributed by atoms with Crippen LogP contribution in [0.4, 0.5) is 9.52 Å². The van der Waals surface area contributed by atoms with Crippen LogP contribution in [0.1, 0.15) is 6.92 Å².